The molecule has 1 N–H and O–H groups in total. The number of aryl methyl sites for hydroxylation is 1. The van der Waals surface area contributed by atoms with Gasteiger partial charge in [0.1, 0.15) is 5.82 Å². The van der Waals surface area contributed by atoms with Crippen LogP contribution in [0.3, 0.4) is 0 Å². The number of hydrogen-bond donors (Lipinski definition) is 1. The topological polar surface area (TPSA) is 12.0 Å². The largest absolute Gasteiger partial charge is 0.313 e. The zero-order chi connectivity index (χ0) is 14.5. The van der Waals surface area contributed by atoms with Gasteiger partial charge in [-0.25, -0.2) is 4.39 Å². The van der Waals surface area contributed by atoms with E-state index in [9.17, 15) is 4.39 Å². The van der Waals surface area contributed by atoms with Crippen LogP contribution in [-0.2, 0) is 6.54 Å². The van der Waals surface area contributed by atoms with E-state index in [4.69, 9.17) is 0 Å². The molecule has 0 saturated heterocycles. The lowest BCUT2D eigenvalue weighted by atomic mass is 9.93. The van der Waals surface area contributed by atoms with Gasteiger partial charge in [0, 0.05) is 6.54 Å². The first-order valence-electron chi connectivity index (χ1n) is 7.19. The maximum absolute atomic E-state index is 13.6. The van der Waals surface area contributed by atoms with Gasteiger partial charge in [-0.05, 0) is 66.8 Å². The number of halogens is 1. The summed E-state index contributed by atoms with van der Waals surface area (Å²) in [7, 11) is 0. The zero-order valence-corrected chi connectivity index (χ0v) is 12.5. The third-order valence-corrected chi connectivity index (χ3v) is 3.71. The van der Waals surface area contributed by atoms with Crippen LogP contribution in [0, 0.1) is 19.7 Å². The Bertz CT molecular complexity index is 590. The van der Waals surface area contributed by atoms with Crippen LogP contribution < -0.4 is 5.32 Å². The van der Waals surface area contributed by atoms with Crippen LogP contribution in [0.5, 0.6) is 0 Å². The van der Waals surface area contributed by atoms with Crippen molar-refractivity contribution < 1.29 is 4.39 Å². The maximum Gasteiger partial charge on any atom is 0.123 e. The lowest BCUT2D eigenvalue weighted by molar-refractivity contribution is 0.625. The van der Waals surface area contributed by atoms with Crippen LogP contribution in [0.2, 0.25) is 0 Å². The Morgan fingerprint density at radius 2 is 1.85 bits per heavy atom. The Balaban J connectivity index is 2.43. The van der Waals surface area contributed by atoms with Crippen molar-refractivity contribution in [2.45, 2.75) is 33.7 Å². The van der Waals surface area contributed by atoms with Crippen molar-refractivity contribution in [1.82, 2.24) is 5.32 Å². The Morgan fingerprint density at radius 1 is 1.05 bits per heavy atom. The predicted octanol–water partition coefficient (Wildman–Crippen LogP) is 4.61. The molecule has 2 aromatic carbocycles. The summed E-state index contributed by atoms with van der Waals surface area (Å²) in [4.78, 5) is 0. The van der Waals surface area contributed by atoms with Gasteiger partial charge in [0.15, 0.2) is 0 Å². The van der Waals surface area contributed by atoms with Crippen LogP contribution >= 0.6 is 0 Å². The quantitative estimate of drug-likeness (QED) is 0.783. The van der Waals surface area contributed by atoms with Gasteiger partial charge in [-0.3, -0.25) is 0 Å². The molecule has 0 aliphatic carbocycles. The van der Waals surface area contributed by atoms with Crippen molar-refractivity contribution in [1.29, 1.82) is 0 Å². The standard InChI is InChI=1S/C18H22FN/c1-4-10-20-12-15-8-9-16(19)11-18(15)17-7-5-6-13(2)14(17)3/h5-9,11,20H,4,10,12H2,1-3H3. The molecule has 0 atom stereocenters. The second-order valence-corrected chi connectivity index (χ2v) is 5.23. The molecule has 2 aromatic rings. The fraction of sp³-hybridized carbons (Fsp3) is 0.333. The summed E-state index contributed by atoms with van der Waals surface area (Å²) in [6.07, 6.45) is 1.10. The van der Waals surface area contributed by atoms with Crippen molar-refractivity contribution in [2.75, 3.05) is 6.54 Å². The lowest BCUT2D eigenvalue weighted by Crippen LogP contribution is -2.14. The van der Waals surface area contributed by atoms with E-state index in [1.54, 1.807) is 6.07 Å². The Labute approximate surface area is 120 Å². The zero-order valence-electron chi connectivity index (χ0n) is 12.5. The van der Waals surface area contributed by atoms with E-state index in [2.05, 4.69) is 38.2 Å². The highest BCUT2D eigenvalue weighted by Gasteiger charge is 2.10. The molecule has 0 spiro atoms. The lowest BCUT2D eigenvalue weighted by Gasteiger charge is -2.14. The highest BCUT2D eigenvalue weighted by Crippen LogP contribution is 2.29. The number of hydrogen-bond acceptors (Lipinski definition) is 1. The van der Waals surface area contributed by atoms with E-state index in [0.29, 0.717) is 0 Å². The third kappa shape index (κ3) is 3.26. The van der Waals surface area contributed by atoms with E-state index >= 15 is 0 Å². The molecular formula is C18H22FN. The monoisotopic (exact) mass is 271 g/mol. The fourth-order valence-corrected chi connectivity index (χ4v) is 2.40. The van der Waals surface area contributed by atoms with E-state index in [1.165, 1.54) is 17.2 Å². The Morgan fingerprint density at radius 3 is 2.60 bits per heavy atom. The normalized spacial score (nSPS) is 10.8. The summed E-state index contributed by atoms with van der Waals surface area (Å²) in [6.45, 7) is 8.08. The highest BCUT2D eigenvalue weighted by atomic mass is 19.1. The summed E-state index contributed by atoms with van der Waals surface area (Å²) in [6, 6.07) is 11.3. The number of rotatable bonds is 5. The van der Waals surface area contributed by atoms with Crippen LogP contribution in [0.15, 0.2) is 36.4 Å². The van der Waals surface area contributed by atoms with Crippen molar-refractivity contribution in [2.24, 2.45) is 0 Å². The van der Waals surface area contributed by atoms with Crippen LogP contribution in [0.1, 0.15) is 30.0 Å². The molecule has 0 unspecified atom stereocenters. The molecular weight excluding hydrogens is 249 g/mol. The van der Waals surface area contributed by atoms with Crippen molar-refractivity contribution in [3.63, 3.8) is 0 Å². The van der Waals surface area contributed by atoms with Crippen molar-refractivity contribution >= 4 is 0 Å². The molecule has 0 radical (unpaired) electrons. The Kier molecular flexibility index (Phi) is 4.91. The summed E-state index contributed by atoms with van der Waals surface area (Å²) < 4.78 is 13.6. The van der Waals surface area contributed by atoms with Crippen molar-refractivity contribution in [3.8, 4) is 11.1 Å². The molecule has 0 saturated carbocycles. The molecule has 1 nitrogen and oxygen atoms in total. The molecule has 0 amide bonds. The van der Waals surface area contributed by atoms with E-state index in [1.807, 2.05) is 12.1 Å². The van der Waals surface area contributed by atoms with Gasteiger partial charge in [-0.2, -0.15) is 0 Å². The molecule has 0 bridgehead atoms. The summed E-state index contributed by atoms with van der Waals surface area (Å²) in [5.41, 5.74) is 5.72. The van der Waals surface area contributed by atoms with Gasteiger partial charge in [0.05, 0.1) is 0 Å². The van der Waals surface area contributed by atoms with Crippen LogP contribution in [0.4, 0.5) is 4.39 Å². The second-order valence-electron chi connectivity index (χ2n) is 5.23. The highest BCUT2D eigenvalue weighted by molar-refractivity contribution is 5.71. The van der Waals surface area contributed by atoms with Crippen molar-refractivity contribution in [3.05, 3.63) is 58.9 Å². The van der Waals surface area contributed by atoms with Crippen LogP contribution in [0.25, 0.3) is 11.1 Å². The Hall–Kier alpha value is -1.67. The summed E-state index contributed by atoms with van der Waals surface area (Å²) >= 11 is 0. The smallest absolute Gasteiger partial charge is 0.123 e. The summed E-state index contributed by atoms with van der Waals surface area (Å²) in [5.74, 6) is -0.180. The molecule has 0 aromatic heterocycles. The first-order valence-corrected chi connectivity index (χ1v) is 7.19. The third-order valence-electron chi connectivity index (χ3n) is 3.71. The molecule has 2 rings (SSSR count). The molecule has 2 heteroatoms. The number of nitrogens with one attached hydrogen (secondary N) is 1. The summed E-state index contributed by atoms with van der Waals surface area (Å²) in [5, 5.41) is 3.39. The number of benzene rings is 2. The molecule has 0 aliphatic rings. The first-order chi connectivity index (χ1) is 9.63. The van der Waals surface area contributed by atoms with E-state index in [0.717, 1.165) is 36.2 Å². The fourth-order valence-electron chi connectivity index (χ4n) is 2.40. The average molecular weight is 271 g/mol. The van der Waals surface area contributed by atoms with Gasteiger partial charge < -0.3 is 5.32 Å². The van der Waals surface area contributed by atoms with E-state index in [-0.39, 0.29) is 5.82 Å². The molecule has 20 heavy (non-hydrogen) atoms. The molecule has 0 heterocycles. The van der Waals surface area contributed by atoms with Crippen LogP contribution in [-0.4, -0.2) is 6.54 Å². The first kappa shape index (κ1) is 14.7. The second kappa shape index (κ2) is 6.67. The minimum absolute atomic E-state index is 0.180. The van der Waals surface area contributed by atoms with E-state index < -0.39 is 0 Å². The van der Waals surface area contributed by atoms with Gasteiger partial charge in [-0.15, -0.1) is 0 Å². The van der Waals surface area contributed by atoms with Gasteiger partial charge in [0.25, 0.3) is 0 Å². The van der Waals surface area contributed by atoms with Gasteiger partial charge in [-0.1, -0.05) is 31.2 Å². The molecule has 0 fully saturated rings. The predicted molar refractivity (Wildman–Crippen MR) is 83.3 cm³/mol. The molecule has 106 valence electrons. The average Bonchev–Trinajstić information content (AvgIpc) is 2.44. The van der Waals surface area contributed by atoms with Gasteiger partial charge >= 0.3 is 0 Å². The van der Waals surface area contributed by atoms with Gasteiger partial charge in [0.2, 0.25) is 0 Å². The maximum atomic E-state index is 13.6. The SMILES string of the molecule is CCCNCc1ccc(F)cc1-c1cccc(C)c1C. The minimum Gasteiger partial charge on any atom is -0.313 e. The molecule has 0 aliphatic heterocycles. The minimum atomic E-state index is -0.180.